The van der Waals surface area contributed by atoms with Crippen LogP contribution in [-0.2, 0) is 6.54 Å². The number of rotatable bonds is 3. The smallest absolute Gasteiger partial charge is 0.160 e. The number of pyridine rings is 1. The van der Waals surface area contributed by atoms with E-state index >= 15 is 0 Å². The molecule has 16 heavy (non-hydrogen) atoms. The number of nitrogens with two attached hydrogens (primary N) is 1. The van der Waals surface area contributed by atoms with E-state index in [1.807, 2.05) is 13.1 Å². The Balaban J connectivity index is 2.65. The SMILES string of the molecule is Cc1cnc2c(c1)nc(C(C)C)n2CCN. The Morgan fingerprint density at radius 2 is 2.19 bits per heavy atom. The van der Waals surface area contributed by atoms with Gasteiger partial charge in [-0.05, 0) is 18.6 Å². The van der Waals surface area contributed by atoms with Crippen molar-refractivity contribution in [2.24, 2.45) is 5.73 Å². The van der Waals surface area contributed by atoms with E-state index in [0.717, 1.165) is 29.1 Å². The van der Waals surface area contributed by atoms with E-state index < -0.39 is 0 Å². The number of imidazole rings is 1. The van der Waals surface area contributed by atoms with Crippen molar-refractivity contribution in [2.75, 3.05) is 6.54 Å². The molecule has 0 atom stereocenters. The van der Waals surface area contributed by atoms with Gasteiger partial charge in [0.1, 0.15) is 11.3 Å². The minimum atomic E-state index is 0.390. The summed E-state index contributed by atoms with van der Waals surface area (Å²) in [5, 5.41) is 0. The standard InChI is InChI=1S/C12H18N4/c1-8(2)11-15-10-6-9(3)7-14-12(10)16(11)5-4-13/h6-8H,4-5,13H2,1-3H3. The molecule has 0 fully saturated rings. The number of nitrogens with zero attached hydrogens (tertiary/aromatic N) is 3. The Morgan fingerprint density at radius 1 is 1.44 bits per heavy atom. The van der Waals surface area contributed by atoms with Gasteiger partial charge >= 0.3 is 0 Å². The van der Waals surface area contributed by atoms with Gasteiger partial charge in [0.05, 0.1) is 0 Å². The van der Waals surface area contributed by atoms with Crippen LogP contribution in [0.4, 0.5) is 0 Å². The highest BCUT2D eigenvalue weighted by molar-refractivity contribution is 5.72. The third-order valence-electron chi connectivity index (χ3n) is 2.62. The molecule has 2 heterocycles. The van der Waals surface area contributed by atoms with Crippen molar-refractivity contribution < 1.29 is 0 Å². The van der Waals surface area contributed by atoms with E-state index in [2.05, 4.69) is 34.4 Å². The summed E-state index contributed by atoms with van der Waals surface area (Å²) in [5.74, 6) is 1.46. The van der Waals surface area contributed by atoms with E-state index in [-0.39, 0.29) is 0 Å². The Kier molecular flexibility index (Phi) is 2.92. The first-order valence-electron chi connectivity index (χ1n) is 5.66. The quantitative estimate of drug-likeness (QED) is 0.855. The fourth-order valence-electron chi connectivity index (χ4n) is 1.92. The predicted molar refractivity (Wildman–Crippen MR) is 65.4 cm³/mol. The van der Waals surface area contributed by atoms with Crippen molar-refractivity contribution >= 4 is 11.2 Å². The van der Waals surface area contributed by atoms with Gasteiger partial charge in [0.25, 0.3) is 0 Å². The second-order valence-corrected chi connectivity index (χ2v) is 4.42. The second kappa shape index (κ2) is 4.22. The molecule has 86 valence electrons. The summed E-state index contributed by atoms with van der Waals surface area (Å²) in [4.78, 5) is 9.08. The monoisotopic (exact) mass is 218 g/mol. The van der Waals surface area contributed by atoms with Gasteiger partial charge in [-0.25, -0.2) is 9.97 Å². The largest absolute Gasteiger partial charge is 0.329 e. The van der Waals surface area contributed by atoms with Gasteiger partial charge in [0.15, 0.2) is 5.65 Å². The van der Waals surface area contributed by atoms with E-state index in [1.165, 1.54) is 0 Å². The lowest BCUT2D eigenvalue weighted by Crippen LogP contribution is -2.13. The Hall–Kier alpha value is -1.42. The molecule has 2 aromatic heterocycles. The first kappa shape index (κ1) is 11.1. The van der Waals surface area contributed by atoms with Crippen LogP contribution in [0.2, 0.25) is 0 Å². The highest BCUT2D eigenvalue weighted by atomic mass is 15.1. The fourth-order valence-corrected chi connectivity index (χ4v) is 1.92. The fraction of sp³-hybridized carbons (Fsp3) is 0.500. The molecule has 0 aromatic carbocycles. The first-order valence-corrected chi connectivity index (χ1v) is 5.66. The minimum Gasteiger partial charge on any atom is -0.329 e. The maximum atomic E-state index is 5.63. The molecule has 0 spiro atoms. The molecule has 2 aromatic rings. The summed E-state index contributed by atoms with van der Waals surface area (Å²) in [5.41, 5.74) is 8.69. The van der Waals surface area contributed by atoms with Crippen LogP contribution in [0.5, 0.6) is 0 Å². The van der Waals surface area contributed by atoms with Crippen LogP contribution < -0.4 is 5.73 Å². The lowest BCUT2D eigenvalue weighted by molar-refractivity contribution is 0.638. The molecular weight excluding hydrogens is 200 g/mol. The highest BCUT2D eigenvalue weighted by Gasteiger charge is 2.13. The van der Waals surface area contributed by atoms with Crippen LogP contribution in [-0.4, -0.2) is 21.1 Å². The zero-order chi connectivity index (χ0) is 11.7. The summed E-state index contributed by atoms with van der Waals surface area (Å²) in [6.45, 7) is 7.70. The van der Waals surface area contributed by atoms with Gasteiger partial charge < -0.3 is 10.3 Å². The third-order valence-corrected chi connectivity index (χ3v) is 2.62. The molecule has 0 aliphatic carbocycles. The van der Waals surface area contributed by atoms with Crippen LogP contribution in [0.25, 0.3) is 11.2 Å². The van der Waals surface area contributed by atoms with Crippen LogP contribution in [0.3, 0.4) is 0 Å². The molecule has 0 aliphatic heterocycles. The molecule has 0 unspecified atom stereocenters. The Bertz CT molecular complexity index is 499. The molecule has 0 radical (unpaired) electrons. The van der Waals surface area contributed by atoms with E-state index in [0.29, 0.717) is 12.5 Å². The van der Waals surface area contributed by atoms with Crippen molar-refractivity contribution in [3.8, 4) is 0 Å². The van der Waals surface area contributed by atoms with Crippen LogP contribution in [0.1, 0.15) is 31.2 Å². The minimum absolute atomic E-state index is 0.390. The Labute approximate surface area is 95.5 Å². The maximum Gasteiger partial charge on any atom is 0.160 e. The topological polar surface area (TPSA) is 56.7 Å². The van der Waals surface area contributed by atoms with Gasteiger partial charge in [-0.1, -0.05) is 13.8 Å². The Morgan fingerprint density at radius 3 is 2.81 bits per heavy atom. The summed E-state index contributed by atoms with van der Waals surface area (Å²) in [6, 6.07) is 2.07. The summed E-state index contributed by atoms with van der Waals surface area (Å²) in [7, 11) is 0. The molecule has 0 amide bonds. The van der Waals surface area contributed by atoms with Crippen molar-refractivity contribution in [3.05, 3.63) is 23.7 Å². The molecule has 0 saturated carbocycles. The lowest BCUT2D eigenvalue weighted by Gasteiger charge is -2.08. The third kappa shape index (κ3) is 1.80. The van der Waals surface area contributed by atoms with Crippen molar-refractivity contribution in [3.63, 3.8) is 0 Å². The zero-order valence-electron chi connectivity index (χ0n) is 10.1. The van der Waals surface area contributed by atoms with E-state index in [9.17, 15) is 0 Å². The van der Waals surface area contributed by atoms with Crippen LogP contribution in [0, 0.1) is 6.92 Å². The van der Waals surface area contributed by atoms with Crippen molar-refractivity contribution in [2.45, 2.75) is 33.2 Å². The average Bonchev–Trinajstić information content (AvgIpc) is 2.57. The van der Waals surface area contributed by atoms with Crippen LogP contribution in [0.15, 0.2) is 12.3 Å². The summed E-state index contributed by atoms with van der Waals surface area (Å²) >= 11 is 0. The summed E-state index contributed by atoms with van der Waals surface area (Å²) in [6.07, 6.45) is 1.88. The molecule has 0 aliphatic rings. The van der Waals surface area contributed by atoms with Crippen LogP contribution >= 0.6 is 0 Å². The number of hydrogen-bond donors (Lipinski definition) is 1. The second-order valence-electron chi connectivity index (χ2n) is 4.42. The van der Waals surface area contributed by atoms with E-state index in [1.54, 1.807) is 0 Å². The molecular formula is C12H18N4. The van der Waals surface area contributed by atoms with Gasteiger partial charge in [0, 0.05) is 25.2 Å². The molecule has 0 bridgehead atoms. The average molecular weight is 218 g/mol. The number of hydrogen-bond acceptors (Lipinski definition) is 3. The highest BCUT2D eigenvalue weighted by Crippen LogP contribution is 2.20. The van der Waals surface area contributed by atoms with Gasteiger partial charge in [-0.3, -0.25) is 0 Å². The van der Waals surface area contributed by atoms with Crippen molar-refractivity contribution in [1.82, 2.24) is 14.5 Å². The lowest BCUT2D eigenvalue weighted by atomic mass is 10.2. The molecule has 0 saturated heterocycles. The zero-order valence-corrected chi connectivity index (χ0v) is 10.1. The van der Waals surface area contributed by atoms with Gasteiger partial charge in [-0.2, -0.15) is 0 Å². The van der Waals surface area contributed by atoms with Gasteiger partial charge in [0.2, 0.25) is 0 Å². The first-order chi connectivity index (χ1) is 7.63. The van der Waals surface area contributed by atoms with Gasteiger partial charge in [-0.15, -0.1) is 0 Å². The van der Waals surface area contributed by atoms with E-state index in [4.69, 9.17) is 5.73 Å². The molecule has 2 N–H and O–H groups in total. The number of aromatic nitrogens is 3. The molecule has 2 rings (SSSR count). The molecule has 4 nitrogen and oxygen atoms in total. The van der Waals surface area contributed by atoms with Crippen molar-refractivity contribution in [1.29, 1.82) is 0 Å². The normalized spacial score (nSPS) is 11.6. The number of fused-ring (bicyclic) bond motifs is 1. The maximum absolute atomic E-state index is 5.63. The summed E-state index contributed by atoms with van der Waals surface area (Å²) < 4.78 is 2.12. The number of aryl methyl sites for hydroxylation is 1. The predicted octanol–water partition coefficient (Wildman–Crippen LogP) is 1.82. The molecule has 4 heteroatoms.